The fraction of sp³-hybridized carbons (Fsp3) is 0. The number of benzene rings is 5. The molecular formula is C36H22N2S. The summed E-state index contributed by atoms with van der Waals surface area (Å²) in [6, 6.07) is 46.3. The van der Waals surface area contributed by atoms with Crippen LogP contribution in [0.5, 0.6) is 0 Å². The van der Waals surface area contributed by atoms with Gasteiger partial charge < -0.3 is 8.97 Å². The van der Waals surface area contributed by atoms with Crippen molar-refractivity contribution in [2.45, 2.75) is 0 Å². The van der Waals surface area contributed by atoms with Gasteiger partial charge in [0.15, 0.2) is 0 Å². The van der Waals surface area contributed by atoms with Crippen LogP contribution in [-0.4, -0.2) is 8.97 Å². The lowest BCUT2D eigenvalue weighted by atomic mass is 10.0. The van der Waals surface area contributed by atoms with Crippen molar-refractivity contribution >= 4 is 69.7 Å². The summed E-state index contributed by atoms with van der Waals surface area (Å²) >= 11 is 1.89. The van der Waals surface area contributed by atoms with Gasteiger partial charge in [0, 0.05) is 43.4 Å². The molecule has 0 aliphatic carbocycles. The number of para-hydroxylation sites is 2. The Balaban J connectivity index is 1.56. The van der Waals surface area contributed by atoms with Gasteiger partial charge in [-0.15, -0.1) is 11.3 Å². The molecule has 5 aromatic carbocycles. The Bertz CT molecular complexity index is 2390. The summed E-state index contributed by atoms with van der Waals surface area (Å²) in [5, 5.41) is 6.46. The molecule has 0 aliphatic rings. The lowest BCUT2D eigenvalue weighted by molar-refractivity contribution is 1.19. The van der Waals surface area contributed by atoms with Gasteiger partial charge in [-0.05, 0) is 35.9 Å². The normalized spacial score (nSPS) is 12.1. The SMILES string of the molecule is c1ccc(-c2c3ccccc3n3ccc4c5ccccc5n(-c5cccc6c5sc5ccccc56)c4c23)cc1. The summed E-state index contributed by atoms with van der Waals surface area (Å²) in [7, 11) is 0. The first kappa shape index (κ1) is 21.1. The first-order valence-corrected chi connectivity index (χ1v) is 14.1. The van der Waals surface area contributed by atoms with Crippen LogP contribution in [0, 0.1) is 0 Å². The van der Waals surface area contributed by atoms with E-state index in [1.165, 1.54) is 75.2 Å². The Labute approximate surface area is 228 Å². The summed E-state index contributed by atoms with van der Waals surface area (Å²) in [5.74, 6) is 0. The van der Waals surface area contributed by atoms with Crippen molar-refractivity contribution in [2.75, 3.05) is 0 Å². The van der Waals surface area contributed by atoms with Crippen molar-refractivity contribution in [3.05, 3.63) is 134 Å². The van der Waals surface area contributed by atoms with E-state index in [1.54, 1.807) is 0 Å². The standard InChI is InChI=1S/C36H22N2S/c1-2-11-23(12-3-1)33-28-15-5-7-17-29(28)37-22-21-26-24-13-4-8-18-30(24)38(34(26)35(33)37)31-19-10-16-27-25-14-6-9-20-32(25)39-36(27)31/h1-22H. The van der Waals surface area contributed by atoms with Crippen LogP contribution >= 0.6 is 11.3 Å². The highest BCUT2D eigenvalue weighted by atomic mass is 32.1. The van der Waals surface area contributed by atoms with Crippen LogP contribution in [0.2, 0.25) is 0 Å². The Morgan fingerprint density at radius 1 is 0.462 bits per heavy atom. The molecule has 3 heteroatoms. The van der Waals surface area contributed by atoms with E-state index < -0.39 is 0 Å². The molecule has 0 saturated heterocycles. The molecule has 0 aliphatic heterocycles. The third kappa shape index (κ3) is 2.80. The van der Waals surface area contributed by atoms with E-state index in [2.05, 4.69) is 143 Å². The highest BCUT2D eigenvalue weighted by Crippen LogP contribution is 2.45. The van der Waals surface area contributed by atoms with E-state index in [-0.39, 0.29) is 0 Å². The predicted octanol–water partition coefficient (Wildman–Crippen LogP) is 10.2. The van der Waals surface area contributed by atoms with Gasteiger partial charge in [-0.1, -0.05) is 97.1 Å². The second kappa shape index (κ2) is 7.83. The molecule has 39 heavy (non-hydrogen) atoms. The summed E-state index contributed by atoms with van der Waals surface area (Å²) in [5.41, 5.74) is 8.70. The molecule has 2 nitrogen and oxygen atoms in total. The van der Waals surface area contributed by atoms with Gasteiger partial charge in [-0.2, -0.15) is 0 Å². The van der Waals surface area contributed by atoms with Crippen LogP contribution < -0.4 is 0 Å². The molecule has 0 unspecified atom stereocenters. The third-order valence-electron chi connectivity index (χ3n) is 8.13. The smallest absolute Gasteiger partial charge is 0.0790 e. The molecule has 0 spiro atoms. The number of nitrogens with zero attached hydrogens (tertiary/aromatic N) is 2. The van der Waals surface area contributed by atoms with Crippen LogP contribution in [0.1, 0.15) is 0 Å². The number of aromatic nitrogens is 2. The number of fused-ring (bicyclic) bond motifs is 10. The lowest BCUT2D eigenvalue weighted by Gasteiger charge is -2.12. The minimum absolute atomic E-state index is 1.23. The van der Waals surface area contributed by atoms with Crippen LogP contribution in [0.4, 0.5) is 0 Å². The molecule has 0 N–H and O–H groups in total. The molecule has 0 saturated carbocycles. The zero-order valence-electron chi connectivity index (χ0n) is 21.0. The molecule has 0 amide bonds. The van der Waals surface area contributed by atoms with Crippen molar-refractivity contribution in [2.24, 2.45) is 0 Å². The summed E-state index contributed by atoms with van der Waals surface area (Å²) in [4.78, 5) is 0. The van der Waals surface area contributed by atoms with Crippen molar-refractivity contribution in [1.82, 2.24) is 8.97 Å². The van der Waals surface area contributed by atoms with E-state index in [4.69, 9.17) is 0 Å². The van der Waals surface area contributed by atoms with Gasteiger partial charge in [0.1, 0.15) is 0 Å². The Morgan fingerprint density at radius 2 is 1.15 bits per heavy atom. The zero-order chi connectivity index (χ0) is 25.5. The van der Waals surface area contributed by atoms with Crippen molar-refractivity contribution < 1.29 is 0 Å². The van der Waals surface area contributed by atoms with E-state index >= 15 is 0 Å². The molecule has 4 heterocycles. The van der Waals surface area contributed by atoms with Crippen molar-refractivity contribution in [1.29, 1.82) is 0 Å². The largest absolute Gasteiger partial charge is 0.314 e. The van der Waals surface area contributed by atoms with Crippen molar-refractivity contribution in [3.63, 3.8) is 0 Å². The molecule has 4 aromatic heterocycles. The van der Waals surface area contributed by atoms with Gasteiger partial charge in [0.25, 0.3) is 0 Å². The van der Waals surface area contributed by atoms with Gasteiger partial charge in [-0.25, -0.2) is 0 Å². The number of hydrogen-bond acceptors (Lipinski definition) is 1. The molecular weight excluding hydrogens is 492 g/mol. The first-order valence-electron chi connectivity index (χ1n) is 13.3. The second-order valence-corrected chi connectivity index (χ2v) is 11.2. The van der Waals surface area contributed by atoms with Gasteiger partial charge >= 0.3 is 0 Å². The summed E-state index contributed by atoms with van der Waals surface area (Å²) < 4.78 is 7.55. The zero-order valence-corrected chi connectivity index (χ0v) is 21.8. The minimum Gasteiger partial charge on any atom is -0.314 e. The quantitative estimate of drug-likeness (QED) is 0.217. The molecule has 0 radical (unpaired) electrons. The molecule has 0 fully saturated rings. The van der Waals surface area contributed by atoms with E-state index in [1.807, 2.05) is 11.3 Å². The average Bonchev–Trinajstić information content (AvgIpc) is 3.65. The van der Waals surface area contributed by atoms with Crippen molar-refractivity contribution in [3.8, 4) is 16.8 Å². The van der Waals surface area contributed by atoms with Crippen LogP contribution in [-0.2, 0) is 0 Å². The fourth-order valence-electron chi connectivity index (χ4n) is 6.52. The lowest BCUT2D eigenvalue weighted by Crippen LogP contribution is -1.96. The van der Waals surface area contributed by atoms with Gasteiger partial charge in [-0.3, -0.25) is 0 Å². The number of hydrogen-bond donors (Lipinski definition) is 0. The molecule has 9 rings (SSSR count). The minimum atomic E-state index is 1.23. The monoisotopic (exact) mass is 514 g/mol. The summed E-state index contributed by atoms with van der Waals surface area (Å²) in [6.07, 6.45) is 2.25. The maximum atomic E-state index is 2.52. The predicted molar refractivity (Wildman–Crippen MR) is 168 cm³/mol. The Kier molecular flexibility index (Phi) is 4.24. The molecule has 182 valence electrons. The van der Waals surface area contributed by atoms with Crippen LogP contribution in [0.3, 0.4) is 0 Å². The number of thiophene rings is 1. The van der Waals surface area contributed by atoms with E-state index in [0.29, 0.717) is 0 Å². The van der Waals surface area contributed by atoms with Crippen LogP contribution in [0.25, 0.3) is 75.2 Å². The average molecular weight is 515 g/mol. The van der Waals surface area contributed by atoms with Crippen LogP contribution in [0.15, 0.2) is 134 Å². The van der Waals surface area contributed by atoms with E-state index in [0.717, 1.165) is 0 Å². The number of rotatable bonds is 2. The van der Waals surface area contributed by atoms with Gasteiger partial charge in [0.05, 0.1) is 32.5 Å². The Hall–Kier alpha value is -4.86. The molecule has 0 bridgehead atoms. The second-order valence-electron chi connectivity index (χ2n) is 10.2. The fourth-order valence-corrected chi connectivity index (χ4v) is 7.73. The Morgan fingerprint density at radius 3 is 2.03 bits per heavy atom. The third-order valence-corrected chi connectivity index (χ3v) is 9.34. The molecule has 9 aromatic rings. The topological polar surface area (TPSA) is 9.34 Å². The first-order chi connectivity index (χ1) is 19.4. The maximum Gasteiger partial charge on any atom is 0.0790 e. The highest BCUT2D eigenvalue weighted by molar-refractivity contribution is 7.26. The molecule has 0 atom stereocenters. The summed E-state index contributed by atoms with van der Waals surface area (Å²) in [6.45, 7) is 0. The number of pyridine rings is 1. The van der Waals surface area contributed by atoms with E-state index in [9.17, 15) is 0 Å². The van der Waals surface area contributed by atoms with Gasteiger partial charge in [0.2, 0.25) is 0 Å². The maximum absolute atomic E-state index is 2.52. The highest BCUT2D eigenvalue weighted by Gasteiger charge is 2.22.